The van der Waals surface area contributed by atoms with Gasteiger partial charge in [-0.15, -0.1) is 0 Å². The summed E-state index contributed by atoms with van der Waals surface area (Å²) in [5.74, 6) is 0. The third kappa shape index (κ3) is 3.53. The lowest BCUT2D eigenvalue weighted by Gasteiger charge is -2.24. The van der Waals surface area contributed by atoms with Crippen LogP contribution in [0.25, 0.3) is 0 Å². The summed E-state index contributed by atoms with van der Waals surface area (Å²) in [7, 11) is 0. The van der Waals surface area contributed by atoms with Gasteiger partial charge < -0.3 is 10.2 Å². The van der Waals surface area contributed by atoms with Crippen molar-refractivity contribution in [1.82, 2.24) is 0 Å². The number of nitrogens with zero attached hydrogens (tertiary/aromatic N) is 1. The molecule has 0 aliphatic rings. The second-order valence-electron chi connectivity index (χ2n) is 5.11. The van der Waals surface area contributed by atoms with Gasteiger partial charge in [-0.3, -0.25) is 0 Å². The zero-order chi connectivity index (χ0) is 14.4. The third-order valence-electron chi connectivity index (χ3n) is 3.67. The summed E-state index contributed by atoms with van der Waals surface area (Å²) in [6.45, 7) is 9.50. The molecule has 0 saturated heterocycles. The van der Waals surface area contributed by atoms with Gasteiger partial charge in [-0.1, -0.05) is 36.4 Å². The SMILES string of the molecule is CCN(CCNc1c(C)cccc1C)c1ccccc1. The highest BCUT2D eigenvalue weighted by Gasteiger charge is 2.04. The van der Waals surface area contributed by atoms with Crippen LogP contribution in [-0.4, -0.2) is 19.6 Å². The number of hydrogen-bond donors (Lipinski definition) is 1. The molecule has 0 atom stereocenters. The summed E-state index contributed by atoms with van der Waals surface area (Å²) in [6, 6.07) is 17.0. The molecule has 0 saturated carbocycles. The second-order valence-corrected chi connectivity index (χ2v) is 5.11. The van der Waals surface area contributed by atoms with Crippen molar-refractivity contribution >= 4 is 11.4 Å². The molecule has 0 spiro atoms. The number of likely N-dealkylation sites (N-methyl/N-ethyl adjacent to an activating group) is 1. The van der Waals surface area contributed by atoms with E-state index in [9.17, 15) is 0 Å². The van der Waals surface area contributed by atoms with Crippen molar-refractivity contribution in [3.05, 3.63) is 59.7 Å². The molecular weight excluding hydrogens is 244 g/mol. The first-order valence-electron chi connectivity index (χ1n) is 7.32. The fourth-order valence-corrected chi connectivity index (χ4v) is 2.52. The highest BCUT2D eigenvalue weighted by Crippen LogP contribution is 2.19. The van der Waals surface area contributed by atoms with Gasteiger partial charge in [0.15, 0.2) is 0 Å². The molecule has 2 nitrogen and oxygen atoms in total. The molecule has 0 bridgehead atoms. The Morgan fingerprint density at radius 1 is 0.900 bits per heavy atom. The molecule has 2 aromatic carbocycles. The van der Waals surface area contributed by atoms with E-state index in [-0.39, 0.29) is 0 Å². The molecule has 20 heavy (non-hydrogen) atoms. The Kier molecular flexibility index (Phi) is 5.05. The lowest BCUT2D eigenvalue weighted by atomic mass is 10.1. The molecule has 0 heterocycles. The van der Waals surface area contributed by atoms with Gasteiger partial charge in [-0.05, 0) is 44.0 Å². The van der Waals surface area contributed by atoms with Crippen LogP contribution < -0.4 is 10.2 Å². The highest BCUT2D eigenvalue weighted by molar-refractivity contribution is 5.56. The standard InChI is InChI=1S/C18H24N2/c1-4-20(17-11-6-5-7-12-17)14-13-19-18-15(2)9-8-10-16(18)3/h5-12,19H,4,13-14H2,1-3H3. The Morgan fingerprint density at radius 3 is 2.15 bits per heavy atom. The van der Waals surface area contributed by atoms with E-state index in [4.69, 9.17) is 0 Å². The Bertz CT molecular complexity index is 514. The van der Waals surface area contributed by atoms with Gasteiger partial charge in [0.25, 0.3) is 0 Å². The van der Waals surface area contributed by atoms with Gasteiger partial charge in [0.1, 0.15) is 0 Å². The fraction of sp³-hybridized carbons (Fsp3) is 0.333. The van der Waals surface area contributed by atoms with Crippen molar-refractivity contribution in [2.24, 2.45) is 0 Å². The molecule has 0 amide bonds. The quantitative estimate of drug-likeness (QED) is 0.843. The number of aryl methyl sites for hydroxylation is 2. The summed E-state index contributed by atoms with van der Waals surface area (Å²) >= 11 is 0. The van der Waals surface area contributed by atoms with E-state index in [0.29, 0.717) is 0 Å². The normalized spacial score (nSPS) is 10.3. The molecule has 0 aromatic heterocycles. The van der Waals surface area contributed by atoms with Crippen LogP contribution in [0, 0.1) is 13.8 Å². The molecule has 0 fully saturated rings. The zero-order valence-corrected chi connectivity index (χ0v) is 12.7. The maximum absolute atomic E-state index is 3.57. The summed E-state index contributed by atoms with van der Waals surface area (Å²) < 4.78 is 0. The van der Waals surface area contributed by atoms with Crippen LogP contribution in [0.5, 0.6) is 0 Å². The first kappa shape index (κ1) is 14.4. The summed E-state index contributed by atoms with van der Waals surface area (Å²) in [5, 5.41) is 3.57. The number of nitrogens with one attached hydrogen (secondary N) is 1. The molecule has 0 radical (unpaired) electrons. The van der Waals surface area contributed by atoms with Crippen LogP contribution in [0.2, 0.25) is 0 Å². The van der Waals surface area contributed by atoms with Crippen molar-refractivity contribution in [3.63, 3.8) is 0 Å². The van der Waals surface area contributed by atoms with Crippen molar-refractivity contribution < 1.29 is 0 Å². The average molecular weight is 268 g/mol. The van der Waals surface area contributed by atoms with E-state index in [1.54, 1.807) is 0 Å². The molecule has 2 rings (SSSR count). The minimum absolute atomic E-state index is 0.953. The topological polar surface area (TPSA) is 15.3 Å². The van der Waals surface area contributed by atoms with E-state index in [0.717, 1.165) is 19.6 Å². The minimum Gasteiger partial charge on any atom is -0.383 e. The maximum Gasteiger partial charge on any atom is 0.0400 e. The van der Waals surface area contributed by atoms with Crippen LogP contribution in [-0.2, 0) is 0 Å². The van der Waals surface area contributed by atoms with Gasteiger partial charge in [-0.25, -0.2) is 0 Å². The summed E-state index contributed by atoms with van der Waals surface area (Å²) in [4.78, 5) is 2.39. The molecule has 0 aliphatic heterocycles. The first-order valence-corrected chi connectivity index (χ1v) is 7.32. The number of para-hydroxylation sites is 2. The van der Waals surface area contributed by atoms with Crippen molar-refractivity contribution in [3.8, 4) is 0 Å². The smallest absolute Gasteiger partial charge is 0.0400 e. The second kappa shape index (κ2) is 6.99. The molecule has 1 N–H and O–H groups in total. The highest BCUT2D eigenvalue weighted by atomic mass is 15.1. The Morgan fingerprint density at radius 2 is 1.55 bits per heavy atom. The van der Waals surface area contributed by atoms with Gasteiger partial charge in [-0.2, -0.15) is 0 Å². The van der Waals surface area contributed by atoms with Gasteiger partial charge in [0.2, 0.25) is 0 Å². The van der Waals surface area contributed by atoms with Gasteiger partial charge in [0.05, 0.1) is 0 Å². The predicted molar refractivity (Wildman–Crippen MR) is 88.7 cm³/mol. The van der Waals surface area contributed by atoms with E-state index in [2.05, 4.69) is 79.5 Å². The van der Waals surface area contributed by atoms with Gasteiger partial charge in [0, 0.05) is 31.0 Å². The van der Waals surface area contributed by atoms with Crippen LogP contribution in [0.15, 0.2) is 48.5 Å². The van der Waals surface area contributed by atoms with Gasteiger partial charge >= 0.3 is 0 Å². The summed E-state index contributed by atoms with van der Waals surface area (Å²) in [6.07, 6.45) is 0. The molecule has 106 valence electrons. The van der Waals surface area contributed by atoms with E-state index in [1.165, 1.54) is 22.5 Å². The van der Waals surface area contributed by atoms with Crippen molar-refractivity contribution in [2.45, 2.75) is 20.8 Å². The molecule has 0 unspecified atom stereocenters. The minimum atomic E-state index is 0.953. The first-order chi connectivity index (χ1) is 9.72. The molecule has 2 heteroatoms. The predicted octanol–water partition coefficient (Wildman–Crippen LogP) is 4.24. The van der Waals surface area contributed by atoms with Crippen molar-refractivity contribution in [2.75, 3.05) is 29.9 Å². The van der Waals surface area contributed by atoms with Crippen LogP contribution in [0.3, 0.4) is 0 Å². The summed E-state index contributed by atoms with van der Waals surface area (Å²) in [5.41, 5.74) is 5.19. The lowest BCUT2D eigenvalue weighted by Crippen LogP contribution is -2.28. The van der Waals surface area contributed by atoms with Crippen LogP contribution in [0.1, 0.15) is 18.1 Å². The molecule has 2 aromatic rings. The van der Waals surface area contributed by atoms with Crippen LogP contribution in [0.4, 0.5) is 11.4 Å². The number of benzene rings is 2. The average Bonchev–Trinajstić information content (AvgIpc) is 2.47. The molecular formula is C18H24N2. The largest absolute Gasteiger partial charge is 0.383 e. The number of anilines is 2. The Labute approximate surface area is 122 Å². The third-order valence-corrected chi connectivity index (χ3v) is 3.67. The van der Waals surface area contributed by atoms with E-state index < -0.39 is 0 Å². The van der Waals surface area contributed by atoms with E-state index >= 15 is 0 Å². The monoisotopic (exact) mass is 268 g/mol. The zero-order valence-electron chi connectivity index (χ0n) is 12.7. The fourth-order valence-electron chi connectivity index (χ4n) is 2.52. The maximum atomic E-state index is 3.57. The number of hydrogen-bond acceptors (Lipinski definition) is 2. The molecule has 0 aliphatic carbocycles. The van der Waals surface area contributed by atoms with Crippen molar-refractivity contribution in [1.29, 1.82) is 0 Å². The Balaban J connectivity index is 1.95. The number of rotatable bonds is 6. The van der Waals surface area contributed by atoms with Crippen LogP contribution >= 0.6 is 0 Å². The Hall–Kier alpha value is -1.96. The lowest BCUT2D eigenvalue weighted by molar-refractivity contribution is 0.834. The van der Waals surface area contributed by atoms with E-state index in [1.807, 2.05) is 0 Å².